The molecule has 9 nitrogen and oxygen atoms in total. The van der Waals surface area contributed by atoms with Gasteiger partial charge in [0, 0.05) is 138 Å². The smallest absolute Gasteiger partial charge is 0.120 e. The van der Waals surface area contributed by atoms with E-state index in [1.165, 1.54) is 36.7 Å². The SMILES string of the molecule is [2H]C([2H])([2H])c1c[c-]c(-c2ccc(C([2H])([2H])[2H])cn2)cc1.[2H]C([2H])([2H])c1c[c-]c(-c2ccccn2)cc1.[2H]C([2H])([2H])c1ccc(-c2[c-]cccc2)nc1.[2H]C1(c2ccccc2)CCC([2H])(c2ccc(-c3[c-]ccc4c3oc3ccccc34)nc2)CC1.[2H]C1(c2ccccc2)CCC([2H])(c2ccc(-c3[c-]ccc4c3oc3ccccc34)nc2)CC1.[2H]C1(c2ccccc2)CCC([2H])(c2ccc(-c3[c-]ccc4c3oc3ccccc34)nc2)CC1.[Ir].[Ir].[Ir]. The molecule has 681 valence electrons. The Labute approximate surface area is 864 Å². The zero-order valence-electron chi connectivity index (χ0n) is 92.2. The van der Waals surface area contributed by atoms with Gasteiger partial charge in [0.2, 0.25) is 0 Å². The fourth-order valence-corrected chi connectivity index (χ4v) is 17.6. The van der Waals surface area contributed by atoms with Crippen LogP contribution in [0.25, 0.3) is 133 Å². The van der Waals surface area contributed by atoms with Gasteiger partial charge in [-0.05, 0) is 229 Å². The Morgan fingerprint density at radius 1 is 0.235 bits per heavy atom. The summed E-state index contributed by atoms with van der Waals surface area (Å²) in [7, 11) is 0. The molecule has 9 heterocycles. The Morgan fingerprint density at radius 3 is 0.831 bits per heavy atom. The van der Waals surface area contributed by atoms with Gasteiger partial charge in [0.05, 0.1) is 16.7 Å². The molecule has 136 heavy (non-hydrogen) atoms. The number of aromatic nitrogens is 6. The molecule has 0 amide bonds. The van der Waals surface area contributed by atoms with Gasteiger partial charge < -0.3 is 43.2 Å². The fourth-order valence-electron chi connectivity index (χ4n) is 17.6. The van der Waals surface area contributed by atoms with Crippen LogP contribution in [0.3, 0.4) is 0 Å². The number of rotatable bonds is 12. The molecule has 24 rings (SSSR count). The molecule has 0 spiro atoms. The Hall–Kier alpha value is -13.1. The first-order chi connectivity index (χ1) is 72.5. The summed E-state index contributed by atoms with van der Waals surface area (Å²) in [6.45, 7) is -8.50. The van der Waals surface area contributed by atoms with Crippen molar-refractivity contribution in [2.45, 2.75) is 140 Å². The number of hydrogen-bond acceptors (Lipinski definition) is 9. The molecule has 0 bridgehead atoms. The van der Waals surface area contributed by atoms with E-state index in [4.69, 9.17) is 52.9 Å². The van der Waals surface area contributed by atoms with Crippen LogP contribution in [0.5, 0.6) is 0 Å². The average molecular weight is 2320 g/mol. The van der Waals surface area contributed by atoms with E-state index in [0.29, 0.717) is 93.9 Å². The van der Waals surface area contributed by atoms with Crippen molar-refractivity contribution in [3.05, 3.63) is 469 Å². The topological polar surface area (TPSA) is 117 Å². The molecule has 3 aliphatic carbocycles. The van der Waals surface area contributed by atoms with E-state index < -0.39 is 62.8 Å². The van der Waals surface area contributed by atoms with E-state index in [1.807, 2.05) is 273 Å². The van der Waals surface area contributed by atoms with Crippen LogP contribution in [0.4, 0.5) is 0 Å². The van der Waals surface area contributed by atoms with Crippen LogP contribution in [-0.4, -0.2) is 29.9 Å². The van der Waals surface area contributed by atoms with E-state index in [-0.39, 0.29) is 77.0 Å². The summed E-state index contributed by atoms with van der Waals surface area (Å²) in [4.78, 5) is 26.5. The van der Waals surface area contributed by atoms with Crippen molar-refractivity contribution in [1.29, 1.82) is 0 Å². The zero-order valence-corrected chi connectivity index (χ0v) is 81.4. The standard InChI is InChI=1S/3C29H24NO.C13H12N.2C12H10N.3Ir/c3*1-2-7-20(8-3-1)21-13-15-22(16-14-21)23-17-18-27(30-19-23)26-11-6-10-25-24-9-4-5-12-28(24)31-29(25)26;1-10-3-6-12(7-4-10)13-8-5-11(2)9-14-13;1-10-5-7-11(8-6-10)12-4-2-3-9-13-12;1-10-7-8-12(13-9-10)11-5-3-2-4-6-11;;;/h3*1-10,12,17-19,21-22H,13-16H2;3-6,8-9H,1-2H3;2-7,9H,1H3;2-5,7-9H,1H3;;;/q6*-1;;;/i3*21D,22D;1D3,2D3;2*1D3;;;. The Kier molecular flexibility index (Phi) is 25.6. The molecule has 3 aliphatic rings. The van der Waals surface area contributed by atoms with Crippen LogP contribution in [-0.2, 0) is 60.3 Å². The average Bonchev–Trinajstić information content (AvgIpc) is 1.28. The molecular weight excluding hydrogens is 2200 g/mol. The van der Waals surface area contributed by atoms with Crippen molar-refractivity contribution in [1.82, 2.24) is 29.9 Å². The molecule has 9 aromatic heterocycles. The third kappa shape index (κ3) is 23.2. The minimum atomic E-state index is -2.18. The van der Waals surface area contributed by atoms with Crippen molar-refractivity contribution in [2.24, 2.45) is 0 Å². The first-order valence-electron chi connectivity index (χ1n) is 53.9. The Balaban J connectivity index is 0.000000134. The summed E-state index contributed by atoms with van der Waals surface area (Å²) in [5, 5.41) is 6.43. The maximum Gasteiger partial charge on any atom is 0.120 e. The van der Waals surface area contributed by atoms with E-state index in [0.717, 1.165) is 155 Å². The van der Waals surface area contributed by atoms with Crippen LogP contribution < -0.4 is 0 Å². The van der Waals surface area contributed by atoms with Gasteiger partial charge >= 0.3 is 0 Å². The van der Waals surface area contributed by atoms with Crippen molar-refractivity contribution >= 4 is 65.8 Å². The van der Waals surface area contributed by atoms with Crippen LogP contribution in [0.1, 0.15) is 193 Å². The number of nitrogens with zero attached hydrogens (tertiary/aromatic N) is 6. The summed E-state index contributed by atoms with van der Waals surface area (Å²) in [6, 6.07) is 126. The van der Waals surface area contributed by atoms with Gasteiger partial charge in [-0.15, -0.1) is 161 Å². The van der Waals surface area contributed by atoms with Gasteiger partial charge in [0.25, 0.3) is 0 Å². The number of hydrogen-bond donors (Lipinski definition) is 0. The molecule has 0 unspecified atom stereocenters. The number of para-hydroxylation sites is 3. The summed E-state index contributed by atoms with van der Waals surface area (Å²) in [6.07, 6.45) is 17.8. The minimum absolute atomic E-state index is 0. The van der Waals surface area contributed by atoms with Gasteiger partial charge in [0.1, 0.15) is 16.7 Å². The van der Waals surface area contributed by atoms with Crippen molar-refractivity contribution in [3.8, 4) is 67.5 Å². The number of aryl methyl sites for hydroxylation is 4. The van der Waals surface area contributed by atoms with Crippen molar-refractivity contribution < 1.29 is 98.2 Å². The van der Waals surface area contributed by atoms with Gasteiger partial charge in [-0.1, -0.05) is 265 Å². The predicted octanol–water partition coefficient (Wildman–Crippen LogP) is 32.5. The number of furan rings is 3. The number of fused-ring (bicyclic) bond motifs is 9. The maximum atomic E-state index is 9.13. The van der Waals surface area contributed by atoms with E-state index in [9.17, 15) is 0 Å². The number of pyridine rings is 6. The predicted molar refractivity (Wildman–Crippen MR) is 543 cm³/mol. The van der Waals surface area contributed by atoms with E-state index in [2.05, 4.69) is 69.5 Å². The molecule has 0 aliphatic heterocycles. The zero-order chi connectivity index (χ0) is 106. The molecule has 21 aromatic rings. The summed E-state index contributed by atoms with van der Waals surface area (Å²) in [5.41, 5.74) is 21.0. The van der Waals surface area contributed by atoms with Gasteiger partial charge in [-0.3, -0.25) is 0 Å². The quantitative estimate of drug-likeness (QED) is 0.110. The molecule has 0 N–H and O–H groups in total. The molecule has 12 heteroatoms. The third-order valence-corrected chi connectivity index (χ3v) is 24.6. The fraction of sp³-hybridized carbons (Fsp3) is 0.177. The Morgan fingerprint density at radius 2 is 0.537 bits per heavy atom. The second kappa shape index (κ2) is 46.4. The third-order valence-electron chi connectivity index (χ3n) is 24.6. The monoisotopic (exact) mass is 2320 g/mol. The van der Waals surface area contributed by atoms with Gasteiger partial charge in [-0.2, -0.15) is 0 Å². The van der Waals surface area contributed by atoms with Crippen LogP contribution >= 0.6 is 0 Å². The second-order valence-corrected chi connectivity index (χ2v) is 32.9. The Bertz CT molecular complexity index is 7540. The second-order valence-electron chi connectivity index (χ2n) is 32.9. The van der Waals surface area contributed by atoms with E-state index in [1.54, 1.807) is 48.7 Å². The van der Waals surface area contributed by atoms with Crippen LogP contribution in [0.15, 0.2) is 390 Å². The van der Waals surface area contributed by atoms with E-state index >= 15 is 0 Å². The number of benzene rings is 12. The molecule has 12 aromatic carbocycles. The molecule has 3 fully saturated rings. The molecule has 0 atom stereocenters. The van der Waals surface area contributed by atoms with Crippen LogP contribution in [0, 0.1) is 63.8 Å². The molecule has 3 saturated carbocycles. The molecule has 0 saturated heterocycles. The van der Waals surface area contributed by atoms with Crippen molar-refractivity contribution in [2.75, 3.05) is 0 Å². The molecule has 3 radical (unpaired) electrons. The minimum Gasteiger partial charge on any atom is -0.501 e. The molecular formula is C124H104Ir3N6O3-6. The summed E-state index contributed by atoms with van der Waals surface area (Å²) in [5.74, 6) is -3.94. The van der Waals surface area contributed by atoms with Gasteiger partial charge in [0.15, 0.2) is 0 Å². The normalized spacial score (nSPS) is 21.6. The maximum absolute atomic E-state index is 9.13. The summed E-state index contributed by atoms with van der Waals surface area (Å²) >= 11 is 0. The summed E-state index contributed by atoms with van der Waals surface area (Å²) < 4.78 is 160. The first kappa shape index (κ1) is 75.1. The largest absolute Gasteiger partial charge is 0.501 e. The van der Waals surface area contributed by atoms with Gasteiger partial charge in [-0.25, -0.2) is 0 Å². The first-order valence-corrected chi connectivity index (χ1v) is 44.9. The van der Waals surface area contributed by atoms with Crippen molar-refractivity contribution in [3.63, 3.8) is 0 Å². The van der Waals surface area contributed by atoms with Crippen LogP contribution in [0.2, 0.25) is 0 Å².